The fourth-order valence-corrected chi connectivity index (χ4v) is 1.18. The van der Waals surface area contributed by atoms with E-state index in [1.165, 1.54) is 6.92 Å². The van der Waals surface area contributed by atoms with Crippen molar-refractivity contribution in [3.8, 4) is 0 Å². The van der Waals surface area contributed by atoms with Crippen LogP contribution < -0.4 is 11.1 Å². The van der Waals surface area contributed by atoms with E-state index in [9.17, 15) is 4.79 Å². The molecule has 0 bridgehead atoms. The van der Waals surface area contributed by atoms with E-state index in [0.29, 0.717) is 5.69 Å². The van der Waals surface area contributed by atoms with Crippen molar-refractivity contribution in [3.05, 3.63) is 23.3 Å². The van der Waals surface area contributed by atoms with E-state index in [0.717, 1.165) is 16.8 Å². The minimum Gasteiger partial charge on any atom is -0.397 e. The smallest absolute Gasteiger partial charge is 0.221 e. The summed E-state index contributed by atoms with van der Waals surface area (Å²) < 4.78 is 0. The van der Waals surface area contributed by atoms with Crippen LogP contribution in [0.4, 0.5) is 11.4 Å². The van der Waals surface area contributed by atoms with Crippen molar-refractivity contribution < 1.29 is 4.79 Å². The fourth-order valence-electron chi connectivity index (χ4n) is 1.18. The Morgan fingerprint density at radius 3 is 2.54 bits per heavy atom. The molecular weight excluding hydrogens is 164 g/mol. The molecule has 0 spiro atoms. The zero-order valence-electron chi connectivity index (χ0n) is 8.14. The SMILES string of the molecule is CC(=O)Nc1c(N)ccc(C)c1C. The lowest BCUT2D eigenvalue weighted by Gasteiger charge is -2.11. The Bertz CT molecular complexity index is 345. The van der Waals surface area contributed by atoms with Crippen LogP contribution in [-0.2, 0) is 4.79 Å². The van der Waals surface area contributed by atoms with Gasteiger partial charge in [0.25, 0.3) is 0 Å². The van der Waals surface area contributed by atoms with Crippen LogP contribution in [0.15, 0.2) is 12.1 Å². The van der Waals surface area contributed by atoms with Gasteiger partial charge in [-0.3, -0.25) is 4.79 Å². The molecule has 0 unspecified atom stereocenters. The molecule has 1 aromatic carbocycles. The van der Waals surface area contributed by atoms with Crippen LogP contribution >= 0.6 is 0 Å². The van der Waals surface area contributed by atoms with E-state index in [2.05, 4.69) is 5.32 Å². The molecule has 0 saturated carbocycles. The van der Waals surface area contributed by atoms with Gasteiger partial charge in [0.15, 0.2) is 0 Å². The maximum absolute atomic E-state index is 10.9. The van der Waals surface area contributed by atoms with Gasteiger partial charge in [-0.15, -0.1) is 0 Å². The Morgan fingerprint density at radius 1 is 1.38 bits per heavy atom. The molecule has 0 aromatic heterocycles. The lowest BCUT2D eigenvalue weighted by molar-refractivity contribution is -0.114. The van der Waals surface area contributed by atoms with Gasteiger partial charge in [0.05, 0.1) is 11.4 Å². The summed E-state index contributed by atoms with van der Waals surface area (Å²) in [6, 6.07) is 3.74. The average Bonchev–Trinajstić information content (AvgIpc) is 2.05. The highest BCUT2D eigenvalue weighted by molar-refractivity contribution is 5.93. The van der Waals surface area contributed by atoms with Crippen LogP contribution in [0.2, 0.25) is 0 Å². The number of carbonyl (C=O) groups excluding carboxylic acids is 1. The van der Waals surface area contributed by atoms with Gasteiger partial charge in [0.2, 0.25) is 5.91 Å². The predicted molar refractivity (Wildman–Crippen MR) is 54.6 cm³/mol. The van der Waals surface area contributed by atoms with Gasteiger partial charge >= 0.3 is 0 Å². The van der Waals surface area contributed by atoms with E-state index in [4.69, 9.17) is 5.73 Å². The maximum atomic E-state index is 10.9. The molecular formula is C10H14N2O. The molecule has 3 heteroatoms. The second-order valence-corrected chi connectivity index (χ2v) is 3.15. The first kappa shape index (κ1) is 9.58. The minimum absolute atomic E-state index is 0.0969. The molecule has 1 aromatic rings. The van der Waals surface area contributed by atoms with Gasteiger partial charge < -0.3 is 11.1 Å². The third-order valence-corrected chi connectivity index (χ3v) is 2.07. The van der Waals surface area contributed by atoms with Crippen LogP contribution in [0, 0.1) is 13.8 Å². The number of carbonyl (C=O) groups is 1. The Morgan fingerprint density at radius 2 is 2.00 bits per heavy atom. The zero-order chi connectivity index (χ0) is 10.0. The molecule has 0 atom stereocenters. The highest BCUT2D eigenvalue weighted by atomic mass is 16.1. The van der Waals surface area contributed by atoms with E-state index >= 15 is 0 Å². The monoisotopic (exact) mass is 178 g/mol. The molecule has 70 valence electrons. The van der Waals surface area contributed by atoms with Crippen LogP contribution in [0.25, 0.3) is 0 Å². The molecule has 3 N–H and O–H groups in total. The van der Waals surface area contributed by atoms with Gasteiger partial charge in [-0.25, -0.2) is 0 Å². The number of amides is 1. The van der Waals surface area contributed by atoms with Crippen molar-refractivity contribution in [2.24, 2.45) is 0 Å². The Labute approximate surface area is 77.9 Å². The van der Waals surface area contributed by atoms with Gasteiger partial charge in [-0.05, 0) is 31.0 Å². The number of benzene rings is 1. The summed E-state index contributed by atoms with van der Waals surface area (Å²) in [6.45, 7) is 5.40. The highest BCUT2D eigenvalue weighted by Gasteiger charge is 2.06. The summed E-state index contributed by atoms with van der Waals surface area (Å²) in [7, 11) is 0. The third-order valence-electron chi connectivity index (χ3n) is 2.07. The number of nitrogens with one attached hydrogen (secondary N) is 1. The first-order chi connectivity index (χ1) is 6.02. The van der Waals surface area contributed by atoms with Gasteiger partial charge in [-0.1, -0.05) is 6.07 Å². The lowest BCUT2D eigenvalue weighted by Crippen LogP contribution is -2.10. The number of aryl methyl sites for hydroxylation is 1. The summed E-state index contributed by atoms with van der Waals surface area (Å²) >= 11 is 0. The Balaban J connectivity index is 3.17. The summed E-state index contributed by atoms with van der Waals surface area (Å²) in [5, 5.41) is 2.72. The summed E-state index contributed by atoms with van der Waals surface area (Å²) in [6.07, 6.45) is 0. The summed E-state index contributed by atoms with van der Waals surface area (Å²) in [5.41, 5.74) is 9.21. The molecule has 0 radical (unpaired) electrons. The second kappa shape index (κ2) is 3.47. The zero-order valence-corrected chi connectivity index (χ0v) is 8.14. The standard InChI is InChI=1S/C10H14N2O/c1-6-4-5-9(11)10(7(6)2)12-8(3)13/h4-5H,11H2,1-3H3,(H,12,13). The van der Waals surface area contributed by atoms with Gasteiger partial charge in [-0.2, -0.15) is 0 Å². The molecule has 0 aliphatic heterocycles. The van der Waals surface area contributed by atoms with Crippen molar-refractivity contribution in [1.82, 2.24) is 0 Å². The number of nitrogen functional groups attached to an aromatic ring is 1. The number of rotatable bonds is 1. The van der Waals surface area contributed by atoms with Crippen molar-refractivity contribution in [1.29, 1.82) is 0 Å². The first-order valence-electron chi connectivity index (χ1n) is 4.15. The topological polar surface area (TPSA) is 55.1 Å². The van der Waals surface area contributed by atoms with Crippen molar-refractivity contribution in [2.75, 3.05) is 11.1 Å². The van der Waals surface area contributed by atoms with Crippen LogP contribution in [0.1, 0.15) is 18.1 Å². The fraction of sp³-hybridized carbons (Fsp3) is 0.300. The number of nitrogens with two attached hydrogens (primary N) is 1. The van der Waals surface area contributed by atoms with E-state index in [1.807, 2.05) is 19.9 Å². The molecule has 0 aliphatic rings. The normalized spacial score (nSPS) is 9.77. The highest BCUT2D eigenvalue weighted by Crippen LogP contribution is 2.25. The molecule has 0 heterocycles. The number of hydrogen-bond donors (Lipinski definition) is 2. The Kier molecular flexibility index (Phi) is 2.56. The molecule has 1 amide bonds. The summed E-state index contributed by atoms with van der Waals surface area (Å²) in [4.78, 5) is 10.9. The minimum atomic E-state index is -0.0969. The molecule has 0 saturated heterocycles. The maximum Gasteiger partial charge on any atom is 0.221 e. The van der Waals surface area contributed by atoms with E-state index in [-0.39, 0.29) is 5.91 Å². The third kappa shape index (κ3) is 1.99. The lowest BCUT2D eigenvalue weighted by atomic mass is 10.1. The Hall–Kier alpha value is -1.51. The first-order valence-corrected chi connectivity index (χ1v) is 4.15. The second-order valence-electron chi connectivity index (χ2n) is 3.15. The molecule has 3 nitrogen and oxygen atoms in total. The average molecular weight is 178 g/mol. The molecule has 1 rings (SSSR count). The van der Waals surface area contributed by atoms with Gasteiger partial charge in [0.1, 0.15) is 0 Å². The predicted octanol–water partition coefficient (Wildman–Crippen LogP) is 1.84. The molecule has 13 heavy (non-hydrogen) atoms. The molecule has 0 aliphatic carbocycles. The van der Waals surface area contributed by atoms with Crippen LogP contribution in [0.3, 0.4) is 0 Å². The quantitative estimate of drug-likeness (QED) is 0.645. The summed E-state index contributed by atoms with van der Waals surface area (Å²) in [5.74, 6) is -0.0969. The van der Waals surface area contributed by atoms with Crippen molar-refractivity contribution in [3.63, 3.8) is 0 Å². The van der Waals surface area contributed by atoms with Crippen molar-refractivity contribution in [2.45, 2.75) is 20.8 Å². The van der Waals surface area contributed by atoms with Crippen LogP contribution in [0.5, 0.6) is 0 Å². The van der Waals surface area contributed by atoms with E-state index in [1.54, 1.807) is 6.07 Å². The van der Waals surface area contributed by atoms with Gasteiger partial charge in [0, 0.05) is 6.92 Å². The largest absolute Gasteiger partial charge is 0.397 e. The number of hydrogen-bond acceptors (Lipinski definition) is 2. The van der Waals surface area contributed by atoms with Crippen LogP contribution in [-0.4, -0.2) is 5.91 Å². The number of anilines is 2. The molecule has 0 fully saturated rings. The van der Waals surface area contributed by atoms with E-state index < -0.39 is 0 Å². The van der Waals surface area contributed by atoms with Crippen molar-refractivity contribution >= 4 is 17.3 Å².